The van der Waals surface area contributed by atoms with Crippen LogP contribution in [0.25, 0.3) is 10.9 Å². The fourth-order valence-corrected chi connectivity index (χ4v) is 1.12. The zero-order valence-corrected chi connectivity index (χ0v) is 6.92. The minimum absolute atomic E-state index is 0.301. The van der Waals surface area contributed by atoms with Gasteiger partial charge in [-0.3, -0.25) is 4.98 Å². The van der Waals surface area contributed by atoms with E-state index < -0.39 is 11.9 Å². The van der Waals surface area contributed by atoms with E-state index in [0.29, 0.717) is 10.9 Å². The third kappa shape index (κ3) is 1.53. The van der Waals surface area contributed by atoms with Crippen molar-refractivity contribution >= 4 is 10.9 Å². The van der Waals surface area contributed by atoms with Crippen molar-refractivity contribution in [2.75, 3.05) is 0 Å². The Bertz CT molecular complexity index is 465. The molecule has 0 atom stereocenters. The summed E-state index contributed by atoms with van der Waals surface area (Å²) in [4.78, 5) is 7.26. The summed E-state index contributed by atoms with van der Waals surface area (Å²) in [6.07, 6.45) is -1.50. The van der Waals surface area contributed by atoms with Gasteiger partial charge in [-0.1, -0.05) is 0 Å². The van der Waals surface area contributed by atoms with E-state index >= 15 is 0 Å². The SMILES string of the molecule is FC(F)(F)c1ccc2cnccc2n1. The molecule has 0 radical (unpaired) electrons. The van der Waals surface area contributed by atoms with Gasteiger partial charge in [0.25, 0.3) is 0 Å². The molecule has 0 N–H and O–H groups in total. The molecule has 0 fully saturated rings. The number of rotatable bonds is 0. The summed E-state index contributed by atoms with van der Waals surface area (Å²) in [5.74, 6) is 0. The quantitative estimate of drug-likeness (QED) is 0.650. The minimum Gasteiger partial charge on any atom is -0.264 e. The number of alkyl halides is 3. The molecule has 0 aliphatic rings. The van der Waals surface area contributed by atoms with Gasteiger partial charge in [0.05, 0.1) is 5.52 Å². The molecule has 0 saturated heterocycles. The first-order valence-corrected chi connectivity index (χ1v) is 3.85. The summed E-state index contributed by atoms with van der Waals surface area (Å²) in [7, 11) is 0. The van der Waals surface area contributed by atoms with Crippen molar-refractivity contribution in [1.29, 1.82) is 0 Å². The minimum atomic E-state index is -4.39. The lowest BCUT2D eigenvalue weighted by Gasteiger charge is -2.05. The number of pyridine rings is 2. The second-order valence-corrected chi connectivity index (χ2v) is 2.76. The summed E-state index contributed by atoms with van der Waals surface area (Å²) in [6, 6.07) is 3.76. The van der Waals surface area contributed by atoms with Crippen LogP contribution in [0.15, 0.2) is 30.6 Å². The van der Waals surface area contributed by atoms with Gasteiger partial charge in [0.1, 0.15) is 5.69 Å². The summed E-state index contributed by atoms with van der Waals surface area (Å²) in [5.41, 5.74) is -0.578. The third-order valence-corrected chi connectivity index (χ3v) is 1.78. The maximum absolute atomic E-state index is 12.2. The topological polar surface area (TPSA) is 25.8 Å². The Morgan fingerprint density at radius 2 is 1.86 bits per heavy atom. The summed E-state index contributed by atoms with van der Waals surface area (Å²) >= 11 is 0. The Morgan fingerprint density at radius 3 is 2.57 bits per heavy atom. The van der Waals surface area contributed by atoms with E-state index in [0.717, 1.165) is 6.07 Å². The Balaban J connectivity index is 2.63. The van der Waals surface area contributed by atoms with Crippen LogP contribution in [0.5, 0.6) is 0 Å². The normalized spacial score (nSPS) is 11.9. The molecule has 14 heavy (non-hydrogen) atoms. The molecule has 2 aromatic rings. The average Bonchev–Trinajstić information content (AvgIpc) is 2.16. The lowest BCUT2D eigenvalue weighted by molar-refractivity contribution is -0.140. The monoisotopic (exact) mass is 198 g/mol. The van der Waals surface area contributed by atoms with E-state index in [9.17, 15) is 13.2 Å². The highest BCUT2D eigenvalue weighted by molar-refractivity contribution is 5.77. The van der Waals surface area contributed by atoms with Gasteiger partial charge in [0, 0.05) is 17.8 Å². The highest BCUT2D eigenvalue weighted by Gasteiger charge is 2.32. The Labute approximate surface area is 77.4 Å². The maximum Gasteiger partial charge on any atom is 0.433 e. The number of hydrogen-bond donors (Lipinski definition) is 0. The van der Waals surface area contributed by atoms with Crippen LogP contribution in [0.3, 0.4) is 0 Å². The van der Waals surface area contributed by atoms with Crippen LogP contribution in [0.2, 0.25) is 0 Å². The molecule has 0 bridgehead atoms. The maximum atomic E-state index is 12.2. The van der Waals surface area contributed by atoms with E-state index in [4.69, 9.17) is 0 Å². The number of halogens is 3. The third-order valence-electron chi connectivity index (χ3n) is 1.78. The van der Waals surface area contributed by atoms with Crippen LogP contribution >= 0.6 is 0 Å². The molecule has 5 heteroatoms. The van der Waals surface area contributed by atoms with Crippen molar-refractivity contribution in [3.63, 3.8) is 0 Å². The number of aromatic nitrogens is 2. The van der Waals surface area contributed by atoms with E-state index in [1.54, 1.807) is 0 Å². The van der Waals surface area contributed by atoms with Gasteiger partial charge in [-0.15, -0.1) is 0 Å². The van der Waals surface area contributed by atoms with Crippen molar-refractivity contribution in [3.8, 4) is 0 Å². The van der Waals surface area contributed by atoms with Crippen molar-refractivity contribution in [2.45, 2.75) is 6.18 Å². The number of hydrogen-bond acceptors (Lipinski definition) is 2. The van der Waals surface area contributed by atoms with E-state index in [2.05, 4.69) is 9.97 Å². The van der Waals surface area contributed by atoms with Crippen LogP contribution in [0.4, 0.5) is 13.2 Å². The Hall–Kier alpha value is -1.65. The molecule has 2 rings (SSSR count). The average molecular weight is 198 g/mol. The predicted molar refractivity (Wildman–Crippen MR) is 44.5 cm³/mol. The standard InChI is InChI=1S/C9H5F3N2/c10-9(11,12)8-2-1-6-5-13-4-3-7(6)14-8/h1-5H. The molecule has 0 unspecified atom stereocenters. The highest BCUT2D eigenvalue weighted by Crippen LogP contribution is 2.28. The number of fused-ring (bicyclic) bond motifs is 1. The summed E-state index contributed by atoms with van der Waals surface area (Å²) in [5, 5.41) is 0.598. The molecular weight excluding hydrogens is 193 g/mol. The Morgan fingerprint density at radius 1 is 1.07 bits per heavy atom. The molecule has 0 aliphatic heterocycles. The molecule has 2 nitrogen and oxygen atoms in total. The molecule has 2 aromatic heterocycles. The summed E-state index contributed by atoms with van der Waals surface area (Å²) in [6.45, 7) is 0. The Kier molecular flexibility index (Phi) is 1.87. The van der Waals surface area contributed by atoms with Gasteiger partial charge >= 0.3 is 6.18 Å². The molecule has 0 amide bonds. The van der Waals surface area contributed by atoms with Gasteiger partial charge in [-0.2, -0.15) is 13.2 Å². The zero-order valence-electron chi connectivity index (χ0n) is 6.92. The molecule has 0 aliphatic carbocycles. The largest absolute Gasteiger partial charge is 0.433 e. The van der Waals surface area contributed by atoms with Crippen LogP contribution in [-0.4, -0.2) is 9.97 Å². The lowest BCUT2D eigenvalue weighted by Crippen LogP contribution is -2.07. The second-order valence-electron chi connectivity index (χ2n) is 2.76. The molecule has 0 aromatic carbocycles. The highest BCUT2D eigenvalue weighted by atomic mass is 19.4. The van der Waals surface area contributed by atoms with Gasteiger partial charge in [0.2, 0.25) is 0 Å². The van der Waals surface area contributed by atoms with Crippen LogP contribution in [0, 0.1) is 0 Å². The van der Waals surface area contributed by atoms with Crippen molar-refractivity contribution in [1.82, 2.24) is 9.97 Å². The van der Waals surface area contributed by atoms with Crippen molar-refractivity contribution in [2.24, 2.45) is 0 Å². The first kappa shape index (κ1) is 8.93. The van der Waals surface area contributed by atoms with Crippen molar-refractivity contribution < 1.29 is 13.2 Å². The smallest absolute Gasteiger partial charge is 0.264 e. The van der Waals surface area contributed by atoms with Gasteiger partial charge in [-0.25, -0.2) is 4.98 Å². The van der Waals surface area contributed by atoms with E-state index in [1.165, 1.54) is 24.5 Å². The lowest BCUT2D eigenvalue weighted by atomic mass is 10.2. The van der Waals surface area contributed by atoms with Gasteiger partial charge < -0.3 is 0 Å². The summed E-state index contributed by atoms with van der Waals surface area (Å²) < 4.78 is 36.7. The number of nitrogens with zero attached hydrogens (tertiary/aromatic N) is 2. The van der Waals surface area contributed by atoms with Gasteiger partial charge in [0.15, 0.2) is 0 Å². The molecule has 72 valence electrons. The first-order chi connectivity index (χ1) is 6.57. The van der Waals surface area contributed by atoms with Crippen molar-refractivity contribution in [3.05, 3.63) is 36.3 Å². The second kappa shape index (κ2) is 2.94. The van der Waals surface area contributed by atoms with Crippen LogP contribution in [-0.2, 0) is 6.18 Å². The van der Waals surface area contributed by atoms with Gasteiger partial charge in [-0.05, 0) is 18.2 Å². The van der Waals surface area contributed by atoms with Crippen LogP contribution < -0.4 is 0 Å². The molecular formula is C9H5F3N2. The fourth-order valence-electron chi connectivity index (χ4n) is 1.12. The molecule has 2 heterocycles. The molecule has 0 spiro atoms. The zero-order chi connectivity index (χ0) is 10.2. The van der Waals surface area contributed by atoms with E-state index in [1.807, 2.05) is 0 Å². The first-order valence-electron chi connectivity index (χ1n) is 3.85. The van der Waals surface area contributed by atoms with Crippen LogP contribution in [0.1, 0.15) is 5.69 Å². The molecule has 0 saturated carbocycles. The predicted octanol–water partition coefficient (Wildman–Crippen LogP) is 2.65. The fraction of sp³-hybridized carbons (Fsp3) is 0.111. The van der Waals surface area contributed by atoms with E-state index in [-0.39, 0.29) is 0 Å².